The summed E-state index contributed by atoms with van der Waals surface area (Å²) in [7, 11) is 0. The molecule has 0 radical (unpaired) electrons. The molecule has 4 rings (SSSR count). The van der Waals surface area contributed by atoms with Gasteiger partial charge in [0.1, 0.15) is 35.4 Å². The Hall–Kier alpha value is -3.50. The molecule has 8 heteroatoms. The standard InChI is InChI=1S/C24H12N4S4/c1-13-7-21(15(9-25)10-26)31-23(13)19-5-3-17(29-19)18-4-6-20(30-18)24-14(2)8-22(32-24)16(11-27)12-28/h3-8H,1-2H3/b18-17+,23-19+,24-20+. The SMILES string of the molecule is Cc1cc(=C(C#N)C#N)s/c1=c1\cc/c(=c2/cc/c(=c3\sc(=C(C#N)C#N)cc3C)s2)s1. The Morgan fingerprint density at radius 2 is 0.906 bits per heavy atom. The first kappa shape index (κ1) is 21.7. The van der Waals surface area contributed by atoms with E-state index in [9.17, 15) is 0 Å². The van der Waals surface area contributed by atoms with E-state index >= 15 is 0 Å². The minimum Gasteiger partial charge on any atom is -0.192 e. The van der Waals surface area contributed by atoms with Crippen LogP contribution in [0.15, 0.2) is 36.4 Å². The number of hydrogen-bond donors (Lipinski definition) is 0. The van der Waals surface area contributed by atoms with Gasteiger partial charge in [0.2, 0.25) is 0 Å². The molecule has 0 unspecified atom stereocenters. The number of thiophene rings is 4. The normalized spacial score (nSPS) is 13.4. The highest BCUT2D eigenvalue weighted by molar-refractivity contribution is 7.14. The summed E-state index contributed by atoms with van der Waals surface area (Å²) in [6, 6.07) is 20.0. The molecule has 4 nitrogen and oxygen atoms in total. The number of hydrogen-bond acceptors (Lipinski definition) is 8. The third-order valence-electron chi connectivity index (χ3n) is 4.68. The molecule has 0 amide bonds. The lowest BCUT2D eigenvalue weighted by Crippen LogP contribution is -1.94. The molecule has 0 spiro atoms. The van der Waals surface area contributed by atoms with Crippen LogP contribution >= 0.6 is 45.3 Å². The van der Waals surface area contributed by atoms with Crippen molar-refractivity contribution >= 4 is 56.5 Å². The van der Waals surface area contributed by atoms with Crippen molar-refractivity contribution in [2.24, 2.45) is 0 Å². The minimum atomic E-state index is 0.142. The highest BCUT2D eigenvalue weighted by Crippen LogP contribution is 2.18. The Labute approximate surface area is 198 Å². The molecule has 0 fully saturated rings. The Bertz CT molecular complexity index is 1780. The average molecular weight is 485 g/mol. The molecule has 0 aliphatic carbocycles. The van der Waals surface area contributed by atoms with E-state index in [2.05, 4.69) is 24.3 Å². The second-order valence-electron chi connectivity index (χ2n) is 6.77. The lowest BCUT2D eigenvalue weighted by molar-refractivity contribution is 1.48. The van der Waals surface area contributed by atoms with Crippen LogP contribution in [0.3, 0.4) is 0 Å². The van der Waals surface area contributed by atoms with Gasteiger partial charge in [-0.1, -0.05) is 0 Å². The van der Waals surface area contributed by atoms with Gasteiger partial charge in [-0.2, -0.15) is 21.0 Å². The molecule has 0 saturated carbocycles. The van der Waals surface area contributed by atoms with Crippen LogP contribution in [0.4, 0.5) is 0 Å². The van der Waals surface area contributed by atoms with Crippen LogP contribution in [0.25, 0.3) is 11.1 Å². The van der Waals surface area contributed by atoms with E-state index in [0.717, 1.165) is 38.3 Å². The maximum absolute atomic E-state index is 9.15. The first-order chi connectivity index (χ1) is 15.5. The number of aryl methyl sites for hydroxylation is 2. The zero-order valence-corrected chi connectivity index (χ0v) is 20.2. The summed E-state index contributed by atoms with van der Waals surface area (Å²) in [6.07, 6.45) is 0. The third kappa shape index (κ3) is 3.90. The lowest BCUT2D eigenvalue weighted by atomic mass is 10.3. The Balaban J connectivity index is 2.03. The van der Waals surface area contributed by atoms with Crippen LogP contribution in [-0.4, -0.2) is 0 Å². The van der Waals surface area contributed by atoms with E-state index in [0.29, 0.717) is 9.06 Å². The smallest absolute Gasteiger partial charge is 0.146 e. The van der Waals surface area contributed by atoms with Gasteiger partial charge in [-0.25, -0.2) is 0 Å². The number of nitriles is 4. The molecule has 0 bridgehead atoms. The van der Waals surface area contributed by atoms with Crippen molar-refractivity contribution in [1.29, 1.82) is 21.0 Å². The van der Waals surface area contributed by atoms with Gasteiger partial charge in [-0.05, 0) is 61.4 Å². The lowest BCUT2D eigenvalue weighted by Gasteiger charge is -1.79. The van der Waals surface area contributed by atoms with Crippen LogP contribution in [0, 0.1) is 86.4 Å². The molecular formula is C24H12N4S4. The topological polar surface area (TPSA) is 95.2 Å². The van der Waals surface area contributed by atoms with Crippen LogP contribution in [0.2, 0.25) is 0 Å². The zero-order valence-electron chi connectivity index (χ0n) is 16.9. The Morgan fingerprint density at radius 1 is 0.562 bits per heavy atom. The van der Waals surface area contributed by atoms with Gasteiger partial charge in [0.05, 0.1) is 9.06 Å². The third-order valence-corrected chi connectivity index (χ3v) is 9.91. The van der Waals surface area contributed by atoms with Crippen LogP contribution in [0.1, 0.15) is 11.1 Å². The largest absolute Gasteiger partial charge is 0.192 e. The molecule has 0 aliphatic rings. The van der Waals surface area contributed by atoms with Crippen molar-refractivity contribution in [3.8, 4) is 24.3 Å². The van der Waals surface area contributed by atoms with Gasteiger partial charge < -0.3 is 0 Å². The number of rotatable bonds is 0. The second-order valence-corrected chi connectivity index (χ2v) is 11.0. The molecule has 0 aromatic carbocycles. The predicted molar refractivity (Wildman–Crippen MR) is 128 cm³/mol. The van der Waals surface area contributed by atoms with E-state index < -0.39 is 0 Å². The molecule has 0 saturated heterocycles. The van der Waals surface area contributed by atoms with Gasteiger partial charge in [0.25, 0.3) is 0 Å². The van der Waals surface area contributed by atoms with Crippen molar-refractivity contribution in [2.45, 2.75) is 13.8 Å². The van der Waals surface area contributed by atoms with Crippen molar-refractivity contribution < 1.29 is 0 Å². The maximum Gasteiger partial charge on any atom is 0.146 e. The predicted octanol–water partition coefficient (Wildman–Crippen LogP) is 4.81. The molecule has 0 N–H and O–H groups in total. The Kier molecular flexibility index (Phi) is 6.06. The average Bonchev–Trinajstić information content (AvgIpc) is 3.56. The zero-order chi connectivity index (χ0) is 22.8. The van der Waals surface area contributed by atoms with Crippen LogP contribution in [0.5, 0.6) is 0 Å². The number of nitrogens with zero attached hydrogens (tertiary/aromatic N) is 4. The van der Waals surface area contributed by atoms with Crippen LogP contribution in [-0.2, 0) is 0 Å². The van der Waals surface area contributed by atoms with Crippen molar-refractivity contribution in [3.63, 3.8) is 0 Å². The molecule has 152 valence electrons. The fourth-order valence-corrected chi connectivity index (χ4v) is 7.84. The minimum absolute atomic E-state index is 0.142. The molecule has 0 atom stereocenters. The van der Waals surface area contributed by atoms with Gasteiger partial charge in [-0.3, -0.25) is 0 Å². The van der Waals surface area contributed by atoms with Crippen molar-refractivity contribution in [1.82, 2.24) is 0 Å². The van der Waals surface area contributed by atoms with E-state index in [1.54, 1.807) is 22.7 Å². The highest BCUT2D eigenvalue weighted by atomic mass is 32.1. The molecule has 4 heterocycles. The summed E-state index contributed by atoms with van der Waals surface area (Å²) in [5, 5.41) is 36.6. The van der Waals surface area contributed by atoms with Gasteiger partial charge in [0, 0.05) is 27.2 Å². The monoisotopic (exact) mass is 484 g/mol. The molecule has 32 heavy (non-hydrogen) atoms. The Morgan fingerprint density at radius 3 is 1.25 bits per heavy atom. The van der Waals surface area contributed by atoms with E-state index in [-0.39, 0.29) is 11.1 Å². The van der Waals surface area contributed by atoms with Crippen LogP contribution < -0.4 is 9.06 Å². The van der Waals surface area contributed by atoms with E-state index in [1.165, 1.54) is 22.7 Å². The van der Waals surface area contributed by atoms with Gasteiger partial charge in [-0.15, -0.1) is 45.3 Å². The summed E-state index contributed by atoms with van der Waals surface area (Å²) in [5.41, 5.74) is 2.39. The summed E-state index contributed by atoms with van der Waals surface area (Å²) in [6.45, 7) is 3.99. The maximum atomic E-state index is 9.15. The second kappa shape index (κ2) is 8.93. The highest BCUT2D eigenvalue weighted by Gasteiger charge is 2.03. The molecule has 4 aromatic rings. The first-order valence-electron chi connectivity index (χ1n) is 9.25. The quantitative estimate of drug-likeness (QED) is 0.358. The summed E-state index contributed by atoms with van der Waals surface area (Å²) in [5.74, 6) is 0. The molecule has 0 aliphatic heterocycles. The van der Waals surface area contributed by atoms with Gasteiger partial charge in [0.15, 0.2) is 0 Å². The summed E-state index contributed by atoms with van der Waals surface area (Å²) in [4.78, 5) is 0. The summed E-state index contributed by atoms with van der Waals surface area (Å²) >= 11 is 6.31. The van der Waals surface area contributed by atoms with Crippen molar-refractivity contribution in [3.05, 3.63) is 83.8 Å². The van der Waals surface area contributed by atoms with E-state index in [4.69, 9.17) is 21.0 Å². The first-order valence-corrected chi connectivity index (χ1v) is 12.5. The van der Waals surface area contributed by atoms with Crippen molar-refractivity contribution in [2.75, 3.05) is 0 Å². The molecule has 4 aromatic heterocycles. The summed E-state index contributed by atoms with van der Waals surface area (Å²) < 4.78 is 8.05. The molecular weight excluding hydrogens is 473 g/mol. The fraction of sp³-hybridized carbons (Fsp3) is 0.0833. The fourth-order valence-electron chi connectivity index (χ4n) is 3.15. The van der Waals surface area contributed by atoms with E-state index in [1.807, 2.05) is 50.3 Å². The van der Waals surface area contributed by atoms with Gasteiger partial charge >= 0.3 is 0 Å².